The summed E-state index contributed by atoms with van der Waals surface area (Å²) in [4.78, 5) is 37.1. The van der Waals surface area contributed by atoms with E-state index >= 15 is 0 Å². The van der Waals surface area contributed by atoms with Gasteiger partial charge >= 0.3 is 12.1 Å². The number of ether oxygens (including phenoxy) is 1. The minimum Gasteiger partial charge on any atom is -0.481 e. The Morgan fingerprint density at radius 3 is 2.20 bits per heavy atom. The Kier molecular flexibility index (Phi) is 6.03. The summed E-state index contributed by atoms with van der Waals surface area (Å²) in [6, 6.07) is 16.0. The number of nitrogens with one attached hydrogen (secondary N) is 2. The number of fused-ring (bicyclic) bond motifs is 3. The summed E-state index contributed by atoms with van der Waals surface area (Å²) in [7, 11) is 0. The molecule has 0 aromatic heterocycles. The number of carboxylic acid groups (broad SMARTS) is 1. The van der Waals surface area contributed by atoms with Crippen molar-refractivity contribution in [2.45, 2.75) is 57.4 Å². The van der Waals surface area contributed by atoms with Crippen molar-refractivity contribution in [3.8, 4) is 11.1 Å². The monoisotopic (exact) mass is 476 g/mol. The SMILES string of the molecule is CC[C@@H](CC(=O)O)NC(=O)C1(CNC(=O)OCC2c3ccccc3-c3ccccc32)CC12CCC2. The van der Waals surface area contributed by atoms with Crippen molar-refractivity contribution in [2.24, 2.45) is 10.8 Å². The van der Waals surface area contributed by atoms with Crippen LogP contribution in [0.4, 0.5) is 4.79 Å². The average Bonchev–Trinajstić information content (AvgIpc) is 3.45. The van der Waals surface area contributed by atoms with Gasteiger partial charge in [-0.25, -0.2) is 4.79 Å². The number of hydrogen-bond donors (Lipinski definition) is 3. The zero-order chi connectivity index (χ0) is 24.6. The van der Waals surface area contributed by atoms with Crippen molar-refractivity contribution in [2.75, 3.05) is 13.2 Å². The molecule has 7 heteroatoms. The highest BCUT2D eigenvalue weighted by molar-refractivity contribution is 5.89. The molecule has 3 aliphatic carbocycles. The molecule has 0 radical (unpaired) electrons. The summed E-state index contributed by atoms with van der Waals surface area (Å²) in [6.07, 6.45) is 3.63. The van der Waals surface area contributed by atoms with Crippen molar-refractivity contribution in [3.63, 3.8) is 0 Å². The number of hydrogen-bond acceptors (Lipinski definition) is 4. The molecule has 184 valence electrons. The number of amides is 2. The predicted octanol–water partition coefficient (Wildman–Crippen LogP) is 4.46. The molecule has 2 fully saturated rings. The summed E-state index contributed by atoms with van der Waals surface area (Å²) in [5.74, 6) is -1.10. The molecule has 3 aliphatic rings. The molecule has 2 amide bonds. The van der Waals surface area contributed by atoms with Gasteiger partial charge in [0, 0.05) is 18.5 Å². The van der Waals surface area contributed by atoms with Gasteiger partial charge in [0.2, 0.25) is 5.91 Å². The summed E-state index contributed by atoms with van der Waals surface area (Å²) in [6.45, 7) is 2.29. The van der Waals surface area contributed by atoms with Crippen LogP contribution >= 0.6 is 0 Å². The van der Waals surface area contributed by atoms with E-state index in [1.54, 1.807) is 0 Å². The first kappa shape index (κ1) is 23.4. The van der Waals surface area contributed by atoms with Gasteiger partial charge in [0.1, 0.15) is 6.61 Å². The van der Waals surface area contributed by atoms with Gasteiger partial charge in [0.25, 0.3) is 0 Å². The third-order valence-corrected chi connectivity index (χ3v) is 8.40. The molecule has 7 nitrogen and oxygen atoms in total. The molecular formula is C28H32N2O5. The molecule has 0 bridgehead atoms. The van der Waals surface area contributed by atoms with Gasteiger partial charge in [0.05, 0.1) is 11.8 Å². The number of alkyl carbamates (subject to hydrolysis) is 1. The summed E-state index contributed by atoms with van der Waals surface area (Å²) in [5.41, 5.74) is 3.89. The maximum absolute atomic E-state index is 13.2. The van der Waals surface area contributed by atoms with E-state index in [1.165, 1.54) is 11.1 Å². The molecule has 35 heavy (non-hydrogen) atoms. The minimum absolute atomic E-state index is 0.0226. The zero-order valence-corrected chi connectivity index (χ0v) is 20.0. The van der Waals surface area contributed by atoms with E-state index in [9.17, 15) is 14.4 Å². The van der Waals surface area contributed by atoms with E-state index in [-0.39, 0.29) is 36.8 Å². The molecule has 2 saturated carbocycles. The molecule has 1 spiro atoms. The van der Waals surface area contributed by atoms with Crippen LogP contribution < -0.4 is 10.6 Å². The second-order valence-electron chi connectivity index (χ2n) is 10.2. The van der Waals surface area contributed by atoms with Crippen LogP contribution in [0.25, 0.3) is 11.1 Å². The lowest BCUT2D eigenvalue weighted by atomic mass is 9.74. The van der Waals surface area contributed by atoms with E-state index < -0.39 is 23.5 Å². The van der Waals surface area contributed by atoms with E-state index in [1.807, 2.05) is 31.2 Å². The third-order valence-electron chi connectivity index (χ3n) is 8.40. The highest BCUT2D eigenvalue weighted by Gasteiger charge is 2.73. The number of carboxylic acids is 1. The van der Waals surface area contributed by atoms with Crippen LogP contribution in [0.2, 0.25) is 0 Å². The Balaban J connectivity index is 1.22. The van der Waals surface area contributed by atoms with E-state index in [0.29, 0.717) is 6.42 Å². The fourth-order valence-electron chi connectivity index (χ4n) is 6.15. The number of aliphatic carboxylic acids is 1. The van der Waals surface area contributed by atoms with Gasteiger partial charge in [-0.05, 0) is 53.4 Å². The number of carbonyl (C=O) groups excluding carboxylic acids is 2. The largest absolute Gasteiger partial charge is 0.481 e. The molecular weight excluding hydrogens is 444 g/mol. The zero-order valence-electron chi connectivity index (χ0n) is 20.0. The Morgan fingerprint density at radius 1 is 1.06 bits per heavy atom. The second-order valence-corrected chi connectivity index (χ2v) is 10.2. The lowest BCUT2D eigenvalue weighted by molar-refractivity contribution is -0.138. The quantitative estimate of drug-likeness (QED) is 0.496. The van der Waals surface area contributed by atoms with Gasteiger partial charge in [-0.2, -0.15) is 0 Å². The highest BCUT2D eigenvalue weighted by atomic mass is 16.5. The fourth-order valence-corrected chi connectivity index (χ4v) is 6.15. The van der Waals surface area contributed by atoms with Gasteiger partial charge < -0.3 is 20.5 Å². The van der Waals surface area contributed by atoms with Crippen molar-refractivity contribution >= 4 is 18.0 Å². The van der Waals surface area contributed by atoms with Crippen LogP contribution in [-0.4, -0.2) is 42.3 Å². The lowest BCUT2D eigenvalue weighted by Gasteiger charge is -2.33. The molecule has 1 unspecified atom stereocenters. The topological polar surface area (TPSA) is 105 Å². The van der Waals surface area contributed by atoms with E-state index in [0.717, 1.165) is 36.8 Å². The summed E-state index contributed by atoms with van der Waals surface area (Å²) < 4.78 is 5.66. The van der Waals surface area contributed by atoms with Crippen molar-refractivity contribution in [1.29, 1.82) is 0 Å². The molecule has 5 rings (SSSR count). The Morgan fingerprint density at radius 2 is 1.69 bits per heavy atom. The molecule has 0 saturated heterocycles. The molecule has 0 aliphatic heterocycles. The van der Waals surface area contributed by atoms with Crippen LogP contribution in [0.3, 0.4) is 0 Å². The van der Waals surface area contributed by atoms with Crippen molar-refractivity contribution in [3.05, 3.63) is 59.7 Å². The van der Waals surface area contributed by atoms with E-state index in [4.69, 9.17) is 9.84 Å². The predicted molar refractivity (Wildman–Crippen MR) is 131 cm³/mol. The first-order valence-corrected chi connectivity index (χ1v) is 12.5. The van der Waals surface area contributed by atoms with Gasteiger partial charge in [-0.1, -0.05) is 61.9 Å². The first-order chi connectivity index (χ1) is 16.9. The van der Waals surface area contributed by atoms with Gasteiger partial charge in [0.15, 0.2) is 0 Å². The summed E-state index contributed by atoms with van der Waals surface area (Å²) in [5, 5.41) is 14.9. The van der Waals surface area contributed by atoms with Crippen LogP contribution in [0.1, 0.15) is 62.5 Å². The van der Waals surface area contributed by atoms with Crippen LogP contribution in [0.5, 0.6) is 0 Å². The first-order valence-electron chi connectivity index (χ1n) is 12.5. The molecule has 0 heterocycles. The maximum atomic E-state index is 13.2. The van der Waals surface area contributed by atoms with Crippen molar-refractivity contribution < 1.29 is 24.2 Å². The van der Waals surface area contributed by atoms with Crippen LogP contribution in [-0.2, 0) is 14.3 Å². The van der Waals surface area contributed by atoms with Crippen LogP contribution in [0.15, 0.2) is 48.5 Å². The van der Waals surface area contributed by atoms with Crippen LogP contribution in [0, 0.1) is 10.8 Å². The van der Waals surface area contributed by atoms with Gasteiger partial charge in [-0.15, -0.1) is 0 Å². The third kappa shape index (κ3) is 4.07. The maximum Gasteiger partial charge on any atom is 0.407 e. The summed E-state index contributed by atoms with van der Waals surface area (Å²) >= 11 is 0. The lowest BCUT2D eigenvalue weighted by Crippen LogP contribution is -2.48. The molecule has 3 N–H and O–H groups in total. The number of rotatable bonds is 9. The fraction of sp³-hybridized carbons (Fsp3) is 0.464. The standard InChI is InChI=1S/C28H32N2O5/c1-2-18(14-24(31)32)30-25(33)28(16-27(28)12-7-13-27)17-29-26(34)35-15-23-21-10-5-3-8-19(21)20-9-4-6-11-22(20)23/h3-6,8-11,18,23H,2,7,12-17H2,1H3,(H,29,34)(H,30,33)(H,31,32)/t18-,28?/m0/s1. The van der Waals surface area contributed by atoms with Crippen molar-refractivity contribution in [1.82, 2.24) is 10.6 Å². The number of carbonyl (C=O) groups is 3. The average molecular weight is 477 g/mol. The number of benzene rings is 2. The molecule has 2 aromatic carbocycles. The highest BCUT2D eigenvalue weighted by Crippen LogP contribution is 2.73. The van der Waals surface area contributed by atoms with E-state index in [2.05, 4.69) is 34.9 Å². The molecule has 2 aromatic rings. The van der Waals surface area contributed by atoms with Gasteiger partial charge in [-0.3, -0.25) is 9.59 Å². The molecule has 2 atom stereocenters. The minimum atomic E-state index is -0.933. The normalized spacial score (nSPS) is 21.9. The smallest absolute Gasteiger partial charge is 0.407 e. The Bertz CT molecular complexity index is 1110. The Hall–Kier alpha value is -3.35. The second kappa shape index (κ2) is 9.02. The Labute approximate surface area is 205 Å².